The Morgan fingerprint density at radius 2 is 1.11 bits per heavy atom. The van der Waals surface area contributed by atoms with E-state index in [9.17, 15) is 0 Å². The minimum Gasteiger partial charge on any atom is -0.376 e. The van der Waals surface area contributed by atoms with Crippen LogP contribution in [-0.2, 0) is 4.74 Å². The normalized spacial score (nSPS) is 8.67. The van der Waals surface area contributed by atoms with Crippen molar-refractivity contribution in [3.05, 3.63) is 0 Å². The molecule has 0 radical (unpaired) electrons. The molecule has 0 spiro atoms. The molecular weight excluding hydrogens is 150 g/mol. The number of hydrogen-bond donors (Lipinski definition) is 0. The van der Waals surface area contributed by atoms with Crippen LogP contribution in [0.15, 0.2) is 0 Å². The summed E-state index contributed by atoms with van der Waals surface area (Å²) >= 11 is 0. The molecule has 0 amide bonds. The van der Waals surface area contributed by atoms with Gasteiger partial charge in [-0.25, -0.2) is 0 Å². The number of ether oxygens (including phenoxy) is 1. The topological polar surface area (TPSA) is 9.23 Å². The van der Waals surface area contributed by atoms with Crippen molar-refractivity contribution in [2.75, 3.05) is 0 Å². The Morgan fingerprint density at radius 3 is 1.11 bits per heavy atom. The van der Waals surface area contributed by atoms with Gasteiger partial charge in [-0.1, -0.05) is 0 Å². The summed E-state index contributed by atoms with van der Waals surface area (Å²) in [5.74, 6) is 0. The predicted octanol–water partition coefficient (Wildman–Crippen LogP) is 1.06. The van der Waals surface area contributed by atoms with Gasteiger partial charge in [0.2, 0.25) is 0 Å². The highest BCUT2D eigenvalue weighted by Crippen LogP contribution is 1.93. The molecule has 0 aromatic rings. The van der Waals surface area contributed by atoms with Gasteiger partial charge >= 0.3 is 0 Å². The van der Waals surface area contributed by atoms with Crippen molar-refractivity contribution in [3.63, 3.8) is 0 Å². The molecule has 0 aromatic carbocycles. The molecule has 0 N–H and O–H groups in total. The monoisotopic (exact) mass is 168 g/mol. The van der Waals surface area contributed by atoms with E-state index in [0.717, 1.165) is 0 Å². The van der Waals surface area contributed by atoms with Gasteiger partial charge in [0, 0.05) is 0 Å². The molecule has 1 nitrogen and oxygen atoms in total. The van der Waals surface area contributed by atoms with Gasteiger partial charge in [0.05, 0.1) is 12.2 Å². The van der Waals surface area contributed by atoms with Crippen LogP contribution in [0.3, 0.4) is 0 Å². The number of hydrogen-bond acceptors (Lipinski definition) is 1. The van der Waals surface area contributed by atoms with Crippen molar-refractivity contribution >= 4 is 29.8 Å². The Morgan fingerprint density at radius 1 is 0.889 bits per heavy atom. The lowest BCUT2D eigenvalue weighted by Gasteiger charge is -2.09. The van der Waals surface area contributed by atoms with Crippen LogP contribution in [0.1, 0.15) is 27.7 Å². The Labute approximate surface area is 74.7 Å². The lowest BCUT2D eigenvalue weighted by atomic mass is 10.4. The molecule has 0 unspecified atom stereocenters. The minimum atomic E-state index is 0. The molecule has 3 heteroatoms. The third kappa shape index (κ3) is 17.7. The molecule has 0 heterocycles. The van der Waals surface area contributed by atoms with Gasteiger partial charge in [-0.2, -0.15) is 0 Å². The minimum absolute atomic E-state index is 0. The molecule has 0 aromatic heterocycles. The molecule has 0 saturated carbocycles. The molecule has 0 aliphatic heterocycles. The summed E-state index contributed by atoms with van der Waals surface area (Å²) in [5, 5.41) is 0. The van der Waals surface area contributed by atoms with Crippen LogP contribution in [0.25, 0.3) is 0 Å². The van der Waals surface area contributed by atoms with Crippen LogP contribution in [0.2, 0.25) is 0 Å². The Balaban J connectivity index is -0.000000180. The quantitative estimate of drug-likeness (QED) is 0.561. The summed E-state index contributed by atoms with van der Waals surface area (Å²) in [6, 6.07) is 0. The first kappa shape index (κ1) is 16.4. The van der Waals surface area contributed by atoms with Crippen LogP contribution >= 0.6 is 12.4 Å². The number of rotatable bonds is 2. The van der Waals surface area contributed by atoms with Gasteiger partial charge < -0.3 is 4.74 Å². The van der Waals surface area contributed by atoms with E-state index in [2.05, 4.69) is 0 Å². The highest BCUT2D eigenvalue weighted by atomic mass is 35.5. The summed E-state index contributed by atoms with van der Waals surface area (Å²) in [6.07, 6.45) is 0.750. The average molecular weight is 169 g/mol. The largest absolute Gasteiger partial charge is 0.376 e. The second kappa shape index (κ2) is 8.78. The Hall–Kier alpha value is 0.782. The van der Waals surface area contributed by atoms with Crippen LogP contribution < -0.4 is 0 Å². The highest BCUT2D eigenvalue weighted by Gasteiger charge is 1.94. The molecule has 9 heavy (non-hydrogen) atoms. The van der Waals surface area contributed by atoms with Gasteiger partial charge in [0.1, 0.15) is 0 Å². The maximum Gasteiger partial charge on any atom is 0.187 e. The summed E-state index contributed by atoms with van der Waals surface area (Å²) < 4.78 is 5.25. The van der Waals surface area contributed by atoms with E-state index in [1.165, 1.54) is 0 Å². The molecule has 0 bridgehead atoms. The predicted molar refractivity (Wildman–Crippen MR) is 48.5 cm³/mol. The van der Waals surface area contributed by atoms with Crippen LogP contribution in [0.4, 0.5) is 0 Å². The molecule has 58 valence electrons. The maximum absolute atomic E-state index is 5.25. The zero-order valence-corrected chi connectivity index (χ0v) is 6.79. The molecule has 0 saturated heterocycles. The van der Waals surface area contributed by atoms with Gasteiger partial charge in [-0.05, 0) is 27.7 Å². The van der Waals surface area contributed by atoms with Crippen molar-refractivity contribution in [3.8, 4) is 0 Å². The van der Waals surface area contributed by atoms with Crippen molar-refractivity contribution < 1.29 is 4.74 Å². The van der Waals surface area contributed by atoms with Crippen LogP contribution in [0, 0.1) is 0 Å². The molecule has 0 atom stereocenters. The van der Waals surface area contributed by atoms with Gasteiger partial charge in [0.15, 0.2) is 17.4 Å². The van der Waals surface area contributed by atoms with E-state index in [4.69, 9.17) is 4.74 Å². The zero-order valence-electron chi connectivity index (χ0n) is 5.97. The zero-order chi connectivity index (χ0) is 5.86. The van der Waals surface area contributed by atoms with Crippen molar-refractivity contribution in [1.82, 2.24) is 0 Å². The number of halogens is 1. The second-order valence-electron chi connectivity index (χ2n) is 2.23. The van der Waals surface area contributed by atoms with Crippen LogP contribution in [-0.4, -0.2) is 29.6 Å². The van der Waals surface area contributed by atoms with Gasteiger partial charge in [-0.3, -0.25) is 0 Å². The molecular formula is C6H18AlClO. The van der Waals surface area contributed by atoms with Crippen molar-refractivity contribution in [2.45, 2.75) is 39.9 Å². The standard InChI is InChI=1S/C6H14O.Al.ClH.3H/c1-5(2)7-6(3)4;;;;;/h5-6H,1-4H3;;1H;;;. The average Bonchev–Trinajstić information content (AvgIpc) is 1.27. The van der Waals surface area contributed by atoms with Crippen molar-refractivity contribution in [1.29, 1.82) is 0 Å². The second-order valence-corrected chi connectivity index (χ2v) is 2.23. The first-order chi connectivity index (χ1) is 3.13. The highest BCUT2D eigenvalue weighted by molar-refractivity contribution is 5.85. The third-order valence-corrected chi connectivity index (χ3v) is 0.544. The summed E-state index contributed by atoms with van der Waals surface area (Å²) in [4.78, 5) is 0. The Kier molecular flexibility index (Phi) is 16.0. The molecule has 0 fully saturated rings. The van der Waals surface area contributed by atoms with Gasteiger partial charge in [-0.15, -0.1) is 12.4 Å². The summed E-state index contributed by atoms with van der Waals surface area (Å²) in [6.45, 7) is 8.17. The molecule has 0 aliphatic rings. The Bertz CT molecular complexity index is 42.3. The lowest BCUT2D eigenvalue weighted by Crippen LogP contribution is -2.09. The fourth-order valence-electron chi connectivity index (χ4n) is 0.544. The van der Waals surface area contributed by atoms with Crippen molar-refractivity contribution in [2.24, 2.45) is 0 Å². The first-order valence-electron chi connectivity index (χ1n) is 2.78. The smallest absolute Gasteiger partial charge is 0.187 e. The van der Waals surface area contributed by atoms with E-state index < -0.39 is 0 Å². The lowest BCUT2D eigenvalue weighted by molar-refractivity contribution is 0.0300. The van der Waals surface area contributed by atoms with E-state index in [1.807, 2.05) is 27.7 Å². The maximum atomic E-state index is 5.25. The van der Waals surface area contributed by atoms with E-state index >= 15 is 0 Å². The SMILES string of the molecule is CC(C)OC(C)C.Cl.[AlH3]. The van der Waals surface area contributed by atoms with Gasteiger partial charge in [0.25, 0.3) is 0 Å². The van der Waals surface area contributed by atoms with E-state index in [0.29, 0.717) is 12.2 Å². The molecule has 0 rings (SSSR count). The van der Waals surface area contributed by atoms with E-state index in [1.54, 1.807) is 0 Å². The summed E-state index contributed by atoms with van der Waals surface area (Å²) in [7, 11) is 0. The van der Waals surface area contributed by atoms with E-state index in [-0.39, 0.29) is 29.8 Å². The van der Waals surface area contributed by atoms with Crippen LogP contribution in [0.5, 0.6) is 0 Å². The molecule has 0 aliphatic carbocycles. The summed E-state index contributed by atoms with van der Waals surface area (Å²) in [5.41, 5.74) is 0. The third-order valence-electron chi connectivity index (χ3n) is 0.544. The fraction of sp³-hybridized carbons (Fsp3) is 1.00. The fourth-order valence-corrected chi connectivity index (χ4v) is 0.544. The first-order valence-corrected chi connectivity index (χ1v) is 2.78.